The summed E-state index contributed by atoms with van der Waals surface area (Å²) in [6.07, 6.45) is 1.40. The van der Waals surface area contributed by atoms with E-state index in [2.05, 4.69) is 26.0 Å². The van der Waals surface area contributed by atoms with E-state index >= 15 is 0 Å². The van der Waals surface area contributed by atoms with Crippen molar-refractivity contribution in [3.05, 3.63) is 51.9 Å². The van der Waals surface area contributed by atoms with Crippen molar-refractivity contribution < 1.29 is 13.9 Å². The lowest BCUT2D eigenvalue weighted by atomic mass is 10.2. The first kappa shape index (κ1) is 13.7. The molecule has 19 heavy (non-hydrogen) atoms. The molecule has 2 aromatic rings. The Kier molecular flexibility index (Phi) is 4.27. The molecular formula is C14H14BrNO3. The Morgan fingerprint density at radius 1 is 1.42 bits per heavy atom. The van der Waals surface area contributed by atoms with Gasteiger partial charge in [-0.3, -0.25) is 0 Å². The van der Waals surface area contributed by atoms with Gasteiger partial charge in [0.05, 0.1) is 19.2 Å². The molecule has 0 saturated carbocycles. The summed E-state index contributed by atoms with van der Waals surface area (Å²) in [7, 11) is 1.35. The summed E-state index contributed by atoms with van der Waals surface area (Å²) >= 11 is 3.43. The summed E-state index contributed by atoms with van der Waals surface area (Å²) < 4.78 is 10.9. The summed E-state index contributed by atoms with van der Waals surface area (Å²) in [5, 5.41) is 3.26. The summed E-state index contributed by atoms with van der Waals surface area (Å²) in [4.78, 5) is 11.3. The van der Waals surface area contributed by atoms with Crippen molar-refractivity contribution >= 4 is 27.6 Å². The minimum absolute atomic E-state index is 0.395. The first-order valence-electron chi connectivity index (χ1n) is 5.76. The van der Waals surface area contributed by atoms with Crippen LogP contribution in [0.5, 0.6) is 0 Å². The Morgan fingerprint density at radius 3 is 2.95 bits per heavy atom. The highest BCUT2D eigenvalue weighted by atomic mass is 79.9. The smallest absolute Gasteiger partial charge is 0.341 e. The molecule has 1 aromatic heterocycles. The number of esters is 1. The molecule has 0 saturated heterocycles. The molecule has 1 N–H and O–H groups in total. The number of hydrogen-bond acceptors (Lipinski definition) is 4. The fraction of sp³-hybridized carbons (Fsp3) is 0.214. The molecule has 0 radical (unpaired) electrons. The van der Waals surface area contributed by atoms with E-state index < -0.39 is 5.97 Å². The highest BCUT2D eigenvalue weighted by molar-refractivity contribution is 9.10. The Balaban J connectivity index is 2.04. The van der Waals surface area contributed by atoms with Crippen LogP contribution in [0.3, 0.4) is 0 Å². The zero-order chi connectivity index (χ0) is 13.8. The first-order valence-corrected chi connectivity index (χ1v) is 6.55. The molecular weight excluding hydrogens is 310 g/mol. The maximum Gasteiger partial charge on any atom is 0.341 e. The van der Waals surface area contributed by atoms with E-state index in [1.54, 1.807) is 6.07 Å². The molecule has 0 fully saturated rings. The van der Waals surface area contributed by atoms with Gasteiger partial charge in [-0.25, -0.2) is 4.79 Å². The number of carbonyl (C=O) groups excluding carboxylic acids is 1. The fourth-order valence-corrected chi connectivity index (χ4v) is 2.03. The number of rotatable bonds is 4. The number of methoxy groups -OCH3 is 1. The largest absolute Gasteiger partial charge is 0.467 e. The number of carbonyl (C=O) groups is 1. The van der Waals surface area contributed by atoms with Crippen LogP contribution in [0.15, 0.2) is 39.4 Å². The summed E-state index contributed by atoms with van der Waals surface area (Å²) in [6.45, 7) is 2.53. The molecule has 1 aromatic carbocycles. The zero-order valence-electron chi connectivity index (χ0n) is 10.7. The number of furan rings is 1. The quantitative estimate of drug-likeness (QED) is 0.870. The van der Waals surface area contributed by atoms with E-state index in [9.17, 15) is 4.79 Å². The van der Waals surface area contributed by atoms with Crippen LogP contribution in [0, 0.1) is 6.92 Å². The molecule has 5 heteroatoms. The predicted octanol–water partition coefficient (Wildman–Crippen LogP) is 3.75. The molecule has 0 amide bonds. The van der Waals surface area contributed by atoms with Crippen molar-refractivity contribution in [2.24, 2.45) is 0 Å². The molecule has 2 rings (SSSR count). The van der Waals surface area contributed by atoms with Gasteiger partial charge in [0.2, 0.25) is 0 Å². The molecule has 0 bridgehead atoms. The third-order valence-corrected chi connectivity index (χ3v) is 3.22. The second-order valence-electron chi connectivity index (χ2n) is 4.11. The number of nitrogens with one attached hydrogen (secondary N) is 1. The van der Waals surface area contributed by atoms with Crippen molar-refractivity contribution in [3.8, 4) is 0 Å². The van der Waals surface area contributed by atoms with Gasteiger partial charge in [0.1, 0.15) is 12.0 Å². The molecule has 0 atom stereocenters. The first-order chi connectivity index (χ1) is 9.10. The van der Waals surface area contributed by atoms with Gasteiger partial charge in [-0.15, -0.1) is 0 Å². The van der Waals surface area contributed by atoms with Gasteiger partial charge in [-0.2, -0.15) is 0 Å². The van der Waals surface area contributed by atoms with Crippen LogP contribution in [-0.4, -0.2) is 13.1 Å². The normalized spacial score (nSPS) is 10.3. The van der Waals surface area contributed by atoms with Crippen LogP contribution in [0.4, 0.5) is 5.69 Å². The van der Waals surface area contributed by atoms with Gasteiger partial charge in [-0.1, -0.05) is 22.0 Å². The molecule has 0 aliphatic heterocycles. The third kappa shape index (κ3) is 3.38. The van der Waals surface area contributed by atoms with Crippen LogP contribution < -0.4 is 5.32 Å². The third-order valence-electron chi connectivity index (χ3n) is 2.73. The second kappa shape index (κ2) is 5.93. The van der Waals surface area contributed by atoms with Gasteiger partial charge < -0.3 is 14.5 Å². The van der Waals surface area contributed by atoms with E-state index in [1.165, 1.54) is 13.4 Å². The number of aryl methyl sites for hydroxylation is 1. The maximum absolute atomic E-state index is 11.3. The van der Waals surface area contributed by atoms with Crippen LogP contribution in [-0.2, 0) is 11.3 Å². The number of benzene rings is 1. The van der Waals surface area contributed by atoms with E-state index in [1.807, 2.05) is 25.1 Å². The number of hydrogen-bond donors (Lipinski definition) is 1. The lowest BCUT2D eigenvalue weighted by Gasteiger charge is -2.08. The van der Waals surface area contributed by atoms with E-state index in [4.69, 9.17) is 4.42 Å². The highest BCUT2D eigenvalue weighted by Crippen LogP contribution is 2.21. The Hall–Kier alpha value is -1.75. The van der Waals surface area contributed by atoms with Crippen LogP contribution >= 0.6 is 15.9 Å². The molecule has 4 nitrogen and oxygen atoms in total. The van der Waals surface area contributed by atoms with Crippen molar-refractivity contribution in [3.63, 3.8) is 0 Å². The molecule has 0 aliphatic rings. The molecule has 0 spiro atoms. The predicted molar refractivity (Wildman–Crippen MR) is 76.3 cm³/mol. The van der Waals surface area contributed by atoms with Crippen LogP contribution in [0.2, 0.25) is 0 Å². The van der Waals surface area contributed by atoms with Crippen molar-refractivity contribution in [2.45, 2.75) is 13.5 Å². The van der Waals surface area contributed by atoms with Gasteiger partial charge >= 0.3 is 5.97 Å². The number of ether oxygens (including phenoxy) is 1. The van der Waals surface area contributed by atoms with E-state index in [0.29, 0.717) is 17.9 Å². The monoisotopic (exact) mass is 323 g/mol. The Bertz CT molecular complexity index is 592. The van der Waals surface area contributed by atoms with Gasteiger partial charge in [-0.05, 0) is 30.7 Å². The average Bonchev–Trinajstić information content (AvgIpc) is 2.88. The topological polar surface area (TPSA) is 51.5 Å². The zero-order valence-corrected chi connectivity index (χ0v) is 12.3. The van der Waals surface area contributed by atoms with Crippen molar-refractivity contribution in [1.82, 2.24) is 0 Å². The molecule has 0 unspecified atom stereocenters. The van der Waals surface area contributed by atoms with Crippen molar-refractivity contribution in [1.29, 1.82) is 0 Å². The minimum atomic E-state index is -0.395. The van der Waals surface area contributed by atoms with Crippen LogP contribution in [0.25, 0.3) is 0 Å². The lowest BCUT2D eigenvalue weighted by Crippen LogP contribution is -2.01. The Labute approximate surface area is 119 Å². The molecule has 0 aliphatic carbocycles. The van der Waals surface area contributed by atoms with E-state index in [-0.39, 0.29) is 0 Å². The molecule has 100 valence electrons. The second-order valence-corrected chi connectivity index (χ2v) is 5.02. The standard InChI is InChI=1S/C14H14BrNO3/c1-9-3-4-11(15)6-13(9)16-7-12-5-10(8-19-12)14(17)18-2/h3-6,8,16H,7H2,1-2H3. The van der Waals surface area contributed by atoms with Gasteiger partial charge in [0, 0.05) is 10.2 Å². The SMILES string of the molecule is COC(=O)c1coc(CNc2cc(Br)ccc2C)c1. The average molecular weight is 324 g/mol. The number of halogens is 1. The maximum atomic E-state index is 11.3. The van der Waals surface area contributed by atoms with Crippen LogP contribution in [0.1, 0.15) is 21.7 Å². The summed E-state index contributed by atoms with van der Waals surface area (Å²) in [5.41, 5.74) is 2.58. The minimum Gasteiger partial charge on any atom is -0.467 e. The Morgan fingerprint density at radius 2 is 2.21 bits per heavy atom. The lowest BCUT2D eigenvalue weighted by molar-refractivity contribution is 0.0600. The van der Waals surface area contributed by atoms with Crippen molar-refractivity contribution in [2.75, 3.05) is 12.4 Å². The highest BCUT2D eigenvalue weighted by Gasteiger charge is 2.10. The van der Waals surface area contributed by atoms with Gasteiger partial charge in [0.15, 0.2) is 0 Å². The number of anilines is 1. The summed E-state index contributed by atoms with van der Waals surface area (Å²) in [6, 6.07) is 7.68. The summed E-state index contributed by atoms with van der Waals surface area (Å²) in [5.74, 6) is 0.286. The fourth-order valence-electron chi connectivity index (χ4n) is 1.67. The van der Waals surface area contributed by atoms with E-state index in [0.717, 1.165) is 15.7 Å². The molecule has 1 heterocycles. The van der Waals surface area contributed by atoms with Gasteiger partial charge in [0.25, 0.3) is 0 Å².